The zero-order chi connectivity index (χ0) is 26.5. The van der Waals surface area contributed by atoms with E-state index in [0.717, 1.165) is 19.6 Å². The lowest BCUT2D eigenvalue weighted by atomic mass is 9.95. The summed E-state index contributed by atoms with van der Waals surface area (Å²) >= 11 is 0. The van der Waals surface area contributed by atoms with Gasteiger partial charge in [0.25, 0.3) is 17.4 Å². The van der Waals surface area contributed by atoms with Crippen LogP contribution in [-0.4, -0.2) is 77.0 Å². The van der Waals surface area contributed by atoms with Crippen molar-refractivity contribution in [2.75, 3.05) is 39.4 Å². The molecule has 0 spiro atoms. The number of nitrogens with zero attached hydrogens (tertiary/aromatic N) is 3. The minimum absolute atomic E-state index is 0.0237. The molecule has 4 rings (SSSR count). The van der Waals surface area contributed by atoms with Crippen LogP contribution in [0.4, 0.5) is 5.69 Å². The van der Waals surface area contributed by atoms with Gasteiger partial charge in [0, 0.05) is 43.9 Å². The fraction of sp³-hybridized carbons (Fsp3) is 0.407. The van der Waals surface area contributed by atoms with Gasteiger partial charge in [-0.1, -0.05) is 0 Å². The number of benzene rings is 2. The van der Waals surface area contributed by atoms with Gasteiger partial charge in [-0.3, -0.25) is 24.6 Å². The Hall–Kier alpha value is -3.76. The predicted octanol–water partition coefficient (Wildman–Crippen LogP) is 3.53. The van der Waals surface area contributed by atoms with Crippen LogP contribution >= 0.6 is 0 Å². The molecule has 0 radical (unpaired) electrons. The summed E-state index contributed by atoms with van der Waals surface area (Å²) in [6.07, 6.45) is 0.599. The van der Waals surface area contributed by atoms with Crippen molar-refractivity contribution in [3.63, 3.8) is 0 Å². The maximum absolute atomic E-state index is 13.2. The SMILES string of the molecule is CC(C)Oc1ccc(/C(O)=C2\C(=O)C(=O)N(CCCN3CCOCC3)[C@@H]2c2ccc([N+](=O)[O-])cc2)cc1. The van der Waals surface area contributed by atoms with Crippen LogP contribution in [0.1, 0.15) is 37.4 Å². The normalized spacial score (nSPS) is 20.0. The molecule has 2 aromatic carbocycles. The molecule has 10 heteroatoms. The second-order valence-electron chi connectivity index (χ2n) is 9.34. The number of ether oxygens (including phenoxy) is 2. The third-order valence-corrected chi connectivity index (χ3v) is 6.44. The molecule has 0 aromatic heterocycles. The lowest BCUT2D eigenvalue weighted by Gasteiger charge is -2.29. The maximum Gasteiger partial charge on any atom is 0.295 e. The number of amides is 1. The van der Waals surface area contributed by atoms with Gasteiger partial charge in [-0.25, -0.2) is 0 Å². The van der Waals surface area contributed by atoms with Crippen LogP contribution in [0.3, 0.4) is 0 Å². The predicted molar refractivity (Wildman–Crippen MR) is 136 cm³/mol. The quantitative estimate of drug-likeness (QED) is 0.179. The molecule has 2 aliphatic heterocycles. The average Bonchev–Trinajstić information content (AvgIpc) is 3.14. The summed E-state index contributed by atoms with van der Waals surface area (Å²) in [7, 11) is 0. The fourth-order valence-corrected chi connectivity index (χ4v) is 4.64. The van der Waals surface area contributed by atoms with Gasteiger partial charge < -0.3 is 19.5 Å². The van der Waals surface area contributed by atoms with Crippen LogP contribution < -0.4 is 4.74 Å². The molecule has 37 heavy (non-hydrogen) atoms. The van der Waals surface area contributed by atoms with E-state index in [2.05, 4.69) is 4.90 Å². The smallest absolute Gasteiger partial charge is 0.295 e. The highest BCUT2D eigenvalue weighted by atomic mass is 16.6. The number of morpholine rings is 1. The molecule has 2 fully saturated rings. The van der Waals surface area contributed by atoms with Gasteiger partial charge in [0.2, 0.25) is 0 Å². The highest BCUT2D eigenvalue weighted by Crippen LogP contribution is 2.40. The van der Waals surface area contributed by atoms with Crippen LogP contribution in [-0.2, 0) is 14.3 Å². The number of hydrogen-bond donors (Lipinski definition) is 1. The number of aliphatic hydroxyl groups excluding tert-OH is 1. The topological polar surface area (TPSA) is 122 Å². The van der Waals surface area contributed by atoms with Crippen molar-refractivity contribution in [3.8, 4) is 5.75 Å². The number of non-ortho nitro benzene ring substituents is 1. The Morgan fingerprint density at radius 1 is 1.08 bits per heavy atom. The van der Waals surface area contributed by atoms with Crippen LogP contribution in [0.5, 0.6) is 5.75 Å². The van der Waals surface area contributed by atoms with Gasteiger partial charge in [0.15, 0.2) is 0 Å². The van der Waals surface area contributed by atoms with Gasteiger partial charge in [0.1, 0.15) is 11.5 Å². The zero-order valence-corrected chi connectivity index (χ0v) is 21.0. The summed E-state index contributed by atoms with van der Waals surface area (Å²) in [5.41, 5.74) is 0.739. The monoisotopic (exact) mass is 509 g/mol. The van der Waals surface area contributed by atoms with E-state index in [4.69, 9.17) is 9.47 Å². The fourth-order valence-electron chi connectivity index (χ4n) is 4.64. The van der Waals surface area contributed by atoms with Gasteiger partial charge in [-0.2, -0.15) is 0 Å². The summed E-state index contributed by atoms with van der Waals surface area (Å²) in [5, 5.41) is 22.4. The summed E-state index contributed by atoms with van der Waals surface area (Å²) in [6.45, 7) is 7.76. The Morgan fingerprint density at radius 3 is 2.32 bits per heavy atom. The maximum atomic E-state index is 13.2. The first-order valence-corrected chi connectivity index (χ1v) is 12.4. The Labute approximate surface area is 215 Å². The van der Waals surface area contributed by atoms with Crippen molar-refractivity contribution in [1.29, 1.82) is 0 Å². The number of aliphatic hydroxyl groups is 1. The highest BCUT2D eigenvalue weighted by Gasteiger charge is 2.46. The number of rotatable bonds is 9. The molecular weight excluding hydrogens is 478 g/mol. The first kappa shape index (κ1) is 26.3. The van der Waals surface area contributed by atoms with E-state index in [1.165, 1.54) is 29.2 Å². The average molecular weight is 510 g/mol. The second kappa shape index (κ2) is 11.5. The molecule has 0 saturated carbocycles. The molecule has 1 N–H and O–H groups in total. The van der Waals surface area contributed by atoms with Crippen molar-refractivity contribution in [2.45, 2.75) is 32.4 Å². The van der Waals surface area contributed by atoms with Gasteiger partial charge >= 0.3 is 0 Å². The van der Waals surface area contributed by atoms with E-state index in [1.807, 2.05) is 13.8 Å². The molecule has 196 valence electrons. The summed E-state index contributed by atoms with van der Waals surface area (Å²) in [4.78, 5) is 40.7. The highest BCUT2D eigenvalue weighted by molar-refractivity contribution is 6.46. The van der Waals surface area contributed by atoms with E-state index < -0.39 is 22.7 Å². The first-order valence-electron chi connectivity index (χ1n) is 12.4. The number of nitro benzene ring substituents is 1. The number of likely N-dealkylation sites (tertiary alicyclic amines) is 1. The molecule has 2 saturated heterocycles. The molecule has 2 aromatic rings. The van der Waals surface area contributed by atoms with Gasteiger partial charge in [0.05, 0.1) is 35.9 Å². The summed E-state index contributed by atoms with van der Waals surface area (Å²) in [5.74, 6) is -1.17. The van der Waals surface area contributed by atoms with Crippen molar-refractivity contribution >= 4 is 23.1 Å². The molecule has 0 aliphatic carbocycles. The van der Waals surface area contributed by atoms with Gasteiger partial charge in [-0.05, 0) is 62.2 Å². The Bertz CT molecular complexity index is 1170. The number of carbonyl (C=O) groups excluding carboxylic acids is 2. The molecule has 2 heterocycles. The largest absolute Gasteiger partial charge is 0.507 e. The standard InChI is InChI=1S/C27H31N3O7/c1-18(2)37-22-10-6-20(7-11-22)25(31)23-24(19-4-8-21(9-5-19)30(34)35)29(27(33)26(23)32)13-3-12-28-14-16-36-17-15-28/h4-11,18,24,31H,3,12-17H2,1-2H3/b25-23+/t24-/m1/s1. The minimum atomic E-state index is -0.864. The molecule has 0 unspecified atom stereocenters. The molecular formula is C27H31N3O7. The van der Waals surface area contributed by atoms with Crippen LogP contribution in [0.25, 0.3) is 5.76 Å². The van der Waals surface area contributed by atoms with Crippen LogP contribution in [0.15, 0.2) is 54.1 Å². The van der Waals surface area contributed by atoms with Crippen LogP contribution in [0, 0.1) is 10.1 Å². The molecule has 10 nitrogen and oxygen atoms in total. The van der Waals surface area contributed by atoms with E-state index in [1.54, 1.807) is 24.3 Å². The minimum Gasteiger partial charge on any atom is -0.507 e. The third-order valence-electron chi connectivity index (χ3n) is 6.44. The number of nitro groups is 1. The van der Waals surface area contributed by atoms with E-state index in [-0.39, 0.29) is 23.1 Å². The number of hydrogen-bond acceptors (Lipinski definition) is 8. The summed E-state index contributed by atoms with van der Waals surface area (Å²) < 4.78 is 11.0. The summed E-state index contributed by atoms with van der Waals surface area (Å²) in [6, 6.07) is 11.5. The first-order chi connectivity index (χ1) is 17.8. The zero-order valence-electron chi connectivity index (χ0n) is 21.0. The third kappa shape index (κ3) is 5.98. The van der Waals surface area contributed by atoms with Crippen molar-refractivity contribution in [1.82, 2.24) is 9.80 Å². The van der Waals surface area contributed by atoms with E-state index in [0.29, 0.717) is 43.1 Å². The van der Waals surface area contributed by atoms with Gasteiger partial charge in [-0.15, -0.1) is 0 Å². The Kier molecular flexibility index (Phi) is 8.20. The lowest BCUT2D eigenvalue weighted by molar-refractivity contribution is -0.384. The molecule has 0 bridgehead atoms. The molecule has 2 aliphatic rings. The number of ketones is 1. The van der Waals surface area contributed by atoms with Crippen molar-refractivity contribution in [2.24, 2.45) is 0 Å². The number of Topliss-reactive ketones (excluding diaryl/α,β-unsaturated/α-hetero) is 1. The van der Waals surface area contributed by atoms with Crippen molar-refractivity contribution in [3.05, 3.63) is 75.3 Å². The number of carbonyl (C=O) groups is 2. The molecule has 1 atom stereocenters. The van der Waals surface area contributed by atoms with Crippen LogP contribution in [0.2, 0.25) is 0 Å². The lowest BCUT2D eigenvalue weighted by Crippen LogP contribution is -2.38. The Balaban J connectivity index is 1.66. The Morgan fingerprint density at radius 2 is 1.73 bits per heavy atom. The second-order valence-corrected chi connectivity index (χ2v) is 9.34. The van der Waals surface area contributed by atoms with Crippen molar-refractivity contribution < 1.29 is 29.1 Å². The molecule has 1 amide bonds. The van der Waals surface area contributed by atoms with E-state index >= 15 is 0 Å². The van der Waals surface area contributed by atoms with E-state index in [9.17, 15) is 24.8 Å².